The molecule has 0 spiro atoms. The molecule has 0 heterocycles. The van der Waals surface area contributed by atoms with Crippen LogP contribution < -0.4 is 10.5 Å². The summed E-state index contributed by atoms with van der Waals surface area (Å²) in [6.07, 6.45) is 2.54. The van der Waals surface area contributed by atoms with Crippen LogP contribution in [0.2, 0.25) is 0 Å². The highest BCUT2D eigenvalue weighted by atomic mass is 19.1. The molecule has 0 aliphatic heterocycles. The van der Waals surface area contributed by atoms with Gasteiger partial charge in [-0.1, -0.05) is 30.3 Å². The average molecular weight is 271 g/mol. The van der Waals surface area contributed by atoms with Crippen molar-refractivity contribution in [2.24, 2.45) is 5.73 Å². The summed E-state index contributed by atoms with van der Waals surface area (Å²) in [6, 6.07) is 12.6. The van der Waals surface area contributed by atoms with Crippen molar-refractivity contribution in [2.75, 3.05) is 0 Å². The third-order valence-corrected chi connectivity index (χ3v) is 3.07. The molecule has 2 rings (SSSR count). The highest BCUT2D eigenvalue weighted by Crippen LogP contribution is 2.21. The maximum Gasteiger partial charge on any atom is 0.129 e. The van der Waals surface area contributed by atoms with Gasteiger partial charge in [0.15, 0.2) is 0 Å². The predicted octanol–water partition coefficient (Wildman–Crippen LogP) is 3.59. The fraction of sp³-hybridized carbons (Fsp3) is 0.176. The third-order valence-electron chi connectivity index (χ3n) is 3.07. The Morgan fingerprint density at radius 3 is 2.70 bits per heavy atom. The molecular formula is C17H18FNO. The minimum atomic E-state index is -0.275. The van der Waals surface area contributed by atoms with Crippen LogP contribution in [0.3, 0.4) is 0 Å². The van der Waals surface area contributed by atoms with Gasteiger partial charge in [0.2, 0.25) is 0 Å². The lowest BCUT2D eigenvalue weighted by Gasteiger charge is -2.11. The summed E-state index contributed by atoms with van der Waals surface area (Å²) in [5.74, 6) is 0.480. The molecule has 0 aliphatic rings. The zero-order valence-corrected chi connectivity index (χ0v) is 11.3. The van der Waals surface area contributed by atoms with E-state index in [1.807, 2.05) is 30.3 Å². The highest BCUT2D eigenvalue weighted by Gasteiger charge is 2.06. The predicted molar refractivity (Wildman–Crippen MR) is 79.0 cm³/mol. The van der Waals surface area contributed by atoms with Crippen LogP contribution in [-0.4, -0.2) is 0 Å². The minimum Gasteiger partial charge on any atom is -0.489 e. The van der Waals surface area contributed by atoms with Crippen LogP contribution in [-0.2, 0) is 19.6 Å². The van der Waals surface area contributed by atoms with E-state index in [4.69, 9.17) is 10.5 Å². The quantitative estimate of drug-likeness (QED) is 0.815. The monoisotopic (exact) mass is 271 g/mol. The number of halogens is 1. The minimum absolute atomic E-state index is 0.188. The molecule has 0 atom stereocenters. The molecule has 0 aromatic heterocycles. The lowest BCUT2D eigenvalue weighted by atomic mass is 10.1. The normalized spacial score (nSPS) is 10.3. The second-order valence-electron chi connectivity index (χ2n) is 4.52. The third kappa shape index (κ3) is 3.45. The van der Waals surface area contributed by atoms with Crippen molar-refractivity contribution in [3.63, 3.8) is 0 Å². The Hall–Kier alpha value is -2.13. The zero-order chi connectivity index (χ0) is 14.4. The largest absolute Gasteiger partial charge is 0.489 e. The molecule has 3 heteroatoms. The van der Waals surface area contributed by atoms with Crippen molar-refractivity contribution in [3.8, 4) is 5.75 Å². The van der Waals surface area contributed by atoms with Crippen LogP contribution in [0, 0.1) is 5.82 Å². The molecule has 0 saturated carbocycles. The van der Waals surface area contributed by atoms with Crippen molar-refractivity contribution < 1.29 is 9.13 Å². The summed E-state index contributed by atoms with van der Waals surface area (Å²) >= 11 is 0. The Bertz CT molecular complexity index is 595. The van der Waals surface area contributed by atoms with E-state index in [1.165, 1.54) is 6.07 Å². The van der Waals surface area contributed by atoms with Crippen molar-refractivity contribution in [2.45, 2.75) is 19.6 Å². The summed E-state index contributed by atoms with van der Waals surface area (Å²) in [4.78, 5) is 0. The van der Waals surface area contributed by atoms with E-state index in [0.29, 0.717) is 12.1 Å². The lowest BCUT2D eigenvalue weighted by Crippen LogP contribution is -2.03. The van der Waals surface area contributed by atoms with E-state index in [1.54, 1.807) is 12.1 Å². The SMILES string of the molecule is C=CCc1ccccc1OCc1cc(CN)ccc1F. The average Bonchev–Trinajstić information content (AvgIpc) is 2.48. The molecule has 0 aliphatic carbocycles. The maximum absolute atomic E-state index is 13.7. The van der Waals surface area contributed by atoms with E-state index in [2.05, 4.69) is 6.58 Å². The van der Waals surface area contributed by atoms with Gasteiger partial charge in [0, 0.05) is 12.1 Å². The Morgan fingerprint density at radius 1 is 1.15 bits per heavy atom. The number of hydrogen-bond donors (Lipinski definition) is 1. The molecule has 2 aromatic carbocycles. The van der Waals surface area contributed by atoms with Gasteiger partial charge in [0.05, 0.1) is 0 Å². The van der Waals surface area contributed by atoms with E-state index in [0.717, 1.165) is 23.3 Å². The van der Waals surface area contributed by atoms with Crippen molar-refractivity contribution in [1.29, 1.82) is 0 Å². The van der Waals surface area contributed by atoms with Crippen LogP contribution in [0.1, 0.15) is 16.7 Å². The second kappa shape index (κ2) is 6.87. The number of para-hydroxylation sites is 1. The summed E-state index contributed by atoms with van der Waals surface area (Å²) < 4.78 is 19.4. The summed E-state index contributed by atoms with van der Waals surface area (Å²) in [6.45, 7) is 4.30. The van der Waals surface area contributed by atoms with E-state index < -0.39 is 0 Å². The van der Waals surface area contributed by atoms with E-state index in [9.17, 15) is 4.39 Å². The first-order chi connectivity index (χ1) is 9.74. The molecule has 0 unspecified atom stereocenters. The van der Waals surface area contributed by atoms with E-state index >= 15 is 0 Å². The lowest BCUT2D eigenvalue weighted by molar-refractivity contribution is 0.297. The van der Waals surface area contributed by atoms with Gasteiger partial charge in [0.1, 0.15) is 18.2 Å². The van der Waals surface area contributed by atoms with Gasteiger partial charge in [-0.2, -0.15) is 0 Å². The van der Waals surface area contributed by atoms with Gasteiger partial charge in [-0.3, -0.25) is 0 Å². The maximum atomic E-state index is 13.7. The first-order valence-electron chi connectivity index (χ1n) is 6.53. The Morgan fingerprint density at radius 2 is 1.95 bits per heavy atom. The van der Waals surface area contributed by atoms with Gasteiger partial charge in [0.25, 0.3) is 0 Å². The first kappa shape index (κ1) is 14.3. The molecule has 0 fully saturated rings. The smallest absolute Gasteiger partial charge is 0.129 e. The Kier molecular flexibility index (Phi) is 4.91. The Labute approximate surface area is 118 Å². The fourth-order valence-electron chi connectivity index (χ4n) is 1.99. The van der Waals surface area contributed by atoms with Crippen LogP contribution >= 0.6 is 0 Å². The first-order valence-corrected chi connectivity index (χ1v) is 6.53. The number of nitrogens with two attached hydrogens (primary N) is 1. The molecule has 2 aromatic rings. The number of rotatable bonds is 6. The second-order valence-corrected chi connectivity index (χ2v) is 4.52. The molecule has 0 amide bonds. The fourth-order valence-corrected chi connectivity index (χ4v) is 1.99. The van der Waals surface area contributed by atoms with Gasteiger partial charge in [-0.05, 0) is 35.7 Å². The number of hydrogen-bond acceptors (Lipinski definition) is 2. The van der Waals surface area contributed by atoms with Gasteiger partial charge >= 0.3 is 0 Å². The molecule has 0 bridgehead atoms. The summed E-state index contributed by atoms with van der Waals surface area (Å²) in [5.41, 5.74) is 8.01. The standard InChI is InChI=1S/C17H18FNO/c1-2-5-14-6-3-4-7-17(14)20-12-15-10-13(11-19)8-9-16(15)18/h2-4,6-10H,1,5,11-12,19H2. The summed E-state index contributed by atoms with van der Waals surface area (Å²) in [7, 11) is 0. The number of benzene rings is 2. The van der Waals surface area contributed by atoms with Gasteiger partial charge < -0.3 is 10.5 Å². The number of ether oxygens (including phenoxy) is 1. The van der Waals surface area contributed by atoms with Crippen molar-refractivity contribution in [3.05, 3.63) is 77.6 Å². The van der Waals surface area contributed by atoms with Crippen LogP contribution in [0.15, 0.2) is 55.1 Å². The highest BCUT2D eigenvalue weighted by molar-refractivity contribution is 5.35. The molecular weight excluding hydrogens is 253 g/mol. The van der Waals surface area contributed by atoms with Gasteiger partial charge in [-0.25, -0.2) is 4.39 Å². The molecule has 20 heavy (non-hydrogen) atoms. The van der Waals surface area contributed by atoms with Gasteiger partial charge in [-0.15, -0.1) is 6.58 Å². The van der Waals surface area contributed by atoms with Crippen molar-refractivity contribution >= 4 is 0 Å². The molecule has 2 nitrogen and oxygen atoms in total. The van der Waals surface area contributed by atoms with Crippen LogP contribution in [0.5, 0.6) is 5.75 Å². The molecule has 104 valence electrons. The van der Waals surface area contributed by atoms with Crippen LogP contribution in [0.4, 0.5) is 4.39 Å². The molecule has 2 N–H and O–H groups in total. The van der Waals surface area contributed by atoms with Crippen molar-refractivity contribution in [1.82, 2.24) is 0 Å². The summed E-state index contributed by atoms with van der Waals surface area (Å²) in [5, 5.41) is 0. The van der Waals surface area contributed by atoms with Crippen LogP contribution in [0.25, 0.3) is 0 Å². The molecule has 0 saturated heterocycles. The topological polar surface area (TPSA) is 35.2 Å². The molecule has 0 radical (unpaired) electrons. The Balaban J connectivity index is 2.14. The zero-order valence-electron chi connectivity index (χ0n) is 11.3. The number of allylic oxidation sites excluding steroid dienone is 1. The van der Waals surface area contributed by atoms with E-state index in [-0.39, 0.29) is 12.4 Å².